The quantitative estimate of drug-likeness (QED) is 0.670. The summed E-state index contributed by atoms with van der Waals surface area (Å²) in [6, 6.07) is 0.167. The second-order valence-electron chi connectivity index (χ2n) is 3.49. The standard InChI is InChI=1S/C9H16ClNO2/c10-5-4-9(13)11-8-3-1-2-7(8)6-12/h7-8,12H,1-6H2,(H,11,13). The van der Waals surface area contributed by atoms with Gasteiger partial charge in [0.2, 0.25) is 5.91 Å². The predicted octanol–water partition coefficient (Wildman–Crippen LogP) is 0.892. The molecule has 13 heavy (non-hydrogen) atoms. The van der Waals surface area contributed by atoms with Crippen molar-refractivity contribution in [1.29, 1.82) is 0 Å². The molecule has 0 aromatic rings. The Balaban J connectivity index is 2.30. The maximum Gasteiger partial charge on any atom is 0.221 e. The minimum Gasteiger partial charge on any atom is -0.396 e. The molecule has 3 nitrogen and oxygen atoms in total. The predicted molar refractivity (Wildman–Crippen MR) is 51.7 cm³/mol. The molecule has 0 aliphatic heterocycles. The lowest BCUT2D eigenvalue weighted by atomic mass is 10.1. The molecule has 1 aliphatic carbocycles. The number of carbonyl (C=O) groups is 1. The second-order valence-corrected chi connectivity index (χ2v) is 3.86. The third-order valence-corrected chi connectivity index (χ3v) is 2.75. The molecule has 0 bridgehead atoms. The first-order valence-corrected chi connectivity index (χ1v) is 5.27. The summed E-state index contributed by atoms with van der Waals surface area (Å²) in [6.07, 6.45) is 3.47. The van der Waals surface area contributed by atoms with E-state index in [2.05, 4.69) is 5.32 Å². The monoisotopic (exact) mass is 205 g/mol. The van der Waals surface area contributed by atoms with Crippen LogP contribution in [0.15, 0.2) is 0 Å². The van der Waals surface area contributed by atoms with Crippen LogP contribution in [-0.4, -0.2) is 29.5 Å². The van der Waals surface area contributed by atoms with Gasteiger partial charge in [0, 0.05) is 30.9 Å². The number of aliphatic hydroxyl groups excluding tert-OH is 1. The van der Waals surface area contributed by atoms with Crippen LogP contribution < -0.4 is 5.32 Å². The van der Waals surface area contributed by atoms with Gasteiger partial charge in [0.25, 0.3) is 0 Å². The van der Waals surface area contributed by atoms with E-state index in [0.29, 0.717) is 12.3 Å². The van der Waals surface area contributed by atoms with Crippen molar-refractivity contribution < 1.29 is 9.90 Å². The van der Waals surface area contributed by atoms with Gasteiger partial charge in [-0.05, 0) is 12.8 Å². The summed E-state index contributed by atoms with van der Waals surface area (Å²) < 4.78 is 0. The highest BCUT2D eigenvalue weighted by molar-refractivity contribution is 6.18. The highest BCUT2D eigenvalue weighted by atomic mass is 35.5. The fraction of sp³-hybridized carbons (Fsp3) is 0.889. The summed E-state index contributed by atoms with van der Waals surface area (Å²) in [7, 11) is 0. The van der Waals surface area contributed by atoms with Crippen LogP contribution in [0, 0.1) is 5.92 Å². The van der Waals surface area contributed by atoms with Crippen LogP contribution in [0.25, 0.3) is 0 Å². The van der Waals surface area contributed by atoms with E-state index >= 15 is 0 Å². The number of aliphatic hydroxyl groups is 1. The fourth-order valence-electron chi connectivity index (χ4n) is 1.81. The van der Waals surface area contributed by atoms with Crippen LogP contribution in [0.1, 0.15) is 25.7 Å². The number of hydrogen-bond donors (Lipinski definition) is 2. The van der Waals surface area contributed by atoms with Gasteiger partial charge in [0.1, 0.15) is 0 Å². The number of hydrogen-bond acceptors (Lipinski definition) is 2. The van der Waals surface area contributed by atoms with Gasteiger partial charge in [-0.25, -0.2) is 0 Å². The van der Waals surface area contributed by atoms with Crippen molar-refractivity contribution in [3.8, 4) is 0 Å². The molecule has 1 saturated carbocycles. The average molecular weight is 206 g/mol. The second kappa shape index (κ2) is 5.45. The summed E-state index contributed by atoms with van der Waals surface area (Å²) in [5, 5.41) is 11.9. The van der Waals surface area contributed by atoms with E-state index in [1.807, 2.05) is 0 Å². The molecule has 0 heterocycles. The highest BCUT2D eigenvalue weighted by Gasteiger charge is 2.27. The average Bonchev–Trinajstić information content (AvgIpc) is 2.52. The lowest BCUT2D eigenvalue weighted by molar-refractivity contribution is -0.121. The number of carbonyl (C=O) groups excluding carboxylic acids is 1. The van der Waals surface area contributed by atoms with Gasteiger partial charge in [-0.15, -0.1) is 11.6 Å². The van der Waals surface area contributed by atoms with Gasteiger partial charge in [-0.2, -0.15) is 0 Å². The van der Waals surface area contributed by atoms with Crippen LogP contribution in [0.4, 0.5) is 0 Å². The van der Waals surface area contributed by atoms with Crippen LogP contribution in [0.2, 0.25) is 0 Å². The molecule has 0 saturated heterocycles. The summed E-state index contributed by atoms with van der Waals surface area (Å²) in [6.45, 7) is 0.172. The first-order chi connectivity index (χ1) is 6.27. The van der Waals surface area contributed by atoms with E-state index in [0.717, 1.165) is 19.3 Å². The Morgan fingerprint density at radius 3 is 2.92 bits per heavy atom. The first-order valence-electron chi connectivity index (χ1n) is 4.74. The van der Waals surface area contributed by atoms with Gasteiger partial charge in [0.15, 0.2) is 0 Å². The number of alkyl halides is 1. The van der Waals surface area contributed by atoms with Crippen molar-refractivity contribution in [1.82, 2.24) is 5.32 Å². The third-order valence-electron chi connectivity index (χ3n) is 2.56. The lowest BCUT2D eigenvalue weighted by Crippen LogP contribution is -2.38. The molecule has 2 atom stereocenters. The first kappa shape index (κ1) is 10.8. The van der Waals surface area contributed by atoms with Gasteiger partial charge in [0.05, 0.1) is 0 Å². The zero-order valence-corrected chi connectivity index (χ0v) is 8.39. The molecular weight excluding hydrogens is 190 g/mol. The molecule has 0 spiro atoms. The maximum atomic E-state index is 11.2. The van der Waals surface area contributed by atoms with Crippen LogP contribution in [0.5, 0.6) is 0 Å². The molecule has 2 N–H and O–H groups in total. The van der Waals surface area contributed by atoms with E-state index in [-0.39, 0.29) is 24.5 Å². The van der Waals surface area contributed by atoms with Gasteiger partial charge in [-0.3, -0.25) is 4.79 Å². The zero-order chi connectivity index (χ0) is 9.68. The van der Waals surface area contributed by atoms with Crippen molar-refractivity contribution >= 4 is 17.5 Å². The SMILES string of the molecule is O=C(CCCl)NC1CCCC1CO. The molecule has 2 unspecified atom stereocenters. The summed E-state index contributed by atoms with van der Waals surface area (Å²) in [4.78, 5) is 11.2. The summed E-state index contributed by atoms with van der Waals surface area (Å²) in [5.41, 5.74) is 0. The maximum absolute atomic E-state index is 11.2. The highest BCUT2D eigenvalue weighted by Crippen LogP contribution is 2.24. The Hall–Kier alpha value is -0.280. The molecule has 1 rings (SSSR count). The Morgan fingerprint density at radius 2 is 2.31 bits per heavy atom. The molecule has 0 aromatic heterocycles. The van der Waals surface area contributed by atoms with Crippen molar-refractivity contribution in [3.05, 3.63) is 0 Å². The Labute approximate surface area is 83.5 Å². The van der Waals surface area contributed by atoms with Crippen molar-refractivity contribution in [2.45, 2.75) is 31.7 Å². The molecule has 1 fully saturated rings. The van der Waals surface area contributed by atoms with Gasteiger partial charge >= 0.3 is 0 Å². The lowest BCUT2D eigenvalue weighted by Gasteiger charge is -2.18. The third kappa shape index (κ3) is 3.16. The van der Waals surface area contributed by atoms with Crippen LogP contribution in [0.3, 0.4) is 0 Å². The molecule has 0 radical (unpaired) electrons. The van der Waals surface area contributed by atoms with Crippen molar-refractivity contribution in [2.75, 3.05) is 12.5 Å². The molecule has 76 valence electrons. The zero-order valence-electron chi connectivity index (χ0n) is 7.63. The fourth-order valence-corrected chi connectivity index (χ4v) is 1.98. The topological polar surface area (TPSA) is 49.3 Å². The molecule has 1 amide bonds. The van der Waals surface area contributed by atoms with E-state index in [4.69, 9.17) is 16.7 Å². The molecule has 0 aromatic carbocycles. The van der Waals surface area contributed by atoms with Gasteiger partial charge in [-0.1, -0.05) is 6.42 Å². The Kier molecular flexibility index (Phi) is 4.53. The number of rotatable bonds is 4. The molecular formula is C9H16ClNO2. The smallest absolute Gasteiger partial charge is 0.221 e. The summed E-state index contributed by atoms with van der Waals surface area (Å²) >= 11 is 5.44. The van der Waals surface area contributed by atoms with Crippen LogP contribution >= 0.6 is 11.6 Å². The van der Waals surface area contributed by atoms with Crippen LogP contribution in [-0.2, 0) is 4.79 Å². The molecule has 4 heteroatoms. The number of nitrogens with one attached hydrogen (secondary N) is 1. The minimum absolute atomic E-state index is 0.000324. The van der Waals surface area contributed by atoms with E-state index in [1.54, 1.807) is 0 Å². The largest absolute Gasteiger partial charge is 0.396 e. The van der Waals surface area contributed by atoms with Gasteiger partial charge < -0.3 is 10.4 Å². The Morgan fingerprint density at radius 1 is 1.54 bits per heavy atom. The number of halogens is 1. The Bertz CT molecular complexity index is 175. The minimum atomic E-state index is 0.000324. The van der Waals surface area contributed by atoms with E-state index < -0.39 is 0 Å². The summed E-state index contributed by atoms with van der Waals surface area (Å²) in [5.74, 6) is 0.613. The number of amides is 1. The van der Waals surface area contributed by atoms with Crippen molar-refractivity contribution in [3.63, 3.8) is 0 Å². The normalized spacial score (nSPS) is 27.5. The molecule has 1 aliphatic rings. The van der Waals surface area contributed by atoms with E-state index in [1.165, 1.54) is 0 Å². The van der Waals surface area contributed by atoms with Crippen molar-refractivity contribution in [2.24, 2.45) is 5.92 Å². The van der Waals surface area contributed by atoms with E-state index in [9.17, 15) is 4.79 Å².